The van der Waals surface area contributed by atoms with Crippen LogP contribution in [-0.2, 0) is 25.8 Å². The van der Waals surface area contributed by atoms with Gasteiger partial charge in [-0.3, -0.25) is 9.69 Å². The lowest BCUT2D eigenvalue weighted by atomic mass is 9.96. The Morgan fingerprint density at radius 3 is 2.43 bits per heavy atom. The monoisotopic (exact) mass is 431 g/mol. The Labute approximate surface area is 178 Å². The second-order valence-electron chi connectivity index (χ2n) is 7.42. The summed E-state index contributed by atoms with van der Waals surface area (Å²) in [5.41, 5.74) is 1.16. The highest BCUT2D eigenvalue weighted by molar-refractivity contribution is 7.92. The summed E-state index contributed by atoms with van der Waals surface area (Å²) in [4.78, 5) is 14.6. The smallest absolute Gasteiger partial charge is 0.309 e. The predicted molar refractivity (Wildman–Crippen MR) is 115 cm³/mol. The van der Waals surface area contributed by atoms with Crippen molar-refractivity contribution in [3.8, 4) is 5.75 Å². The SMILES string of the molecule is CCOC(=O)C1CCN(CCc2ccccc2)C(S(=O)(=O)c2ccc(OC)cc2)C1. The number of sulfone groups is 1. The fraction of sp³-hybridized carbons (Fsp3) is 0.435. The minimum Gasteiger partial charge on any atom is -0.497 e. The molecular weight excluding hydrogens is 402 g/mol. The maximum atomic E-state index is 13.5. The Morgan fingerprint density at radius 2 is 1.80 bits per heavy atom. The van der Waals surface area contributed by atoms with E-state index in [0.29, 0.717) is 31.9 Å². The van der Waals surface area contributed by atoms with E-state index in [1.54, 1.807) is 38.3 Å². The number of esters is 1. The molecule has 1 fully saturated rings. The third-order valence-corrected chi connectivity index (χ3v) is 7.69. The van der Waals surface area contributed by atoms with Gasteiger partial charge in [0, 0.05) is 13.1 Å². The Kier molecular flexibility index (Phi) is 7.50. The molecule has 0 radical (unpaired) electrons. The largest absolute Gasteiger partial charge is 0.497 e. The number of piperidine rings is 1. The van der Waals surface area contributed by atoms with Gasteiger partial charge in [0.25, 0.3) is 0 Å². The van der Waals surface area contributed by atoms with Gasteiger partial charge in [-0.25, -0.2) is 8.42 Å². The van der Waals surface area contributed by atoms with Crippen molar-refractivity contribution in [2.24, 2.45) is 5.92 Å². The molecule has 7 heteroatoms. The summed E-state index contributed by atoms with van der Waals surface area (Å²) < 4.78 is 37.3. The molecule has 0 aromatic heterocycles. The maximum Gasteiger partial charge on any atom is 0.309 e. The molecule has 0 amide bonds. The first-order valence-electron chi connectivity index (χ1n) is 10.3. The number of ether oxygens (including phenoxy) is 2. The van der Waals surface area contributed by atoms with Crippen LogP contribution in [0.3, 0.4) is 0 Å². The van der Waals surface area contributed by atoms with Crippen LogP contribution in [0.1, 0.15) is 25.3 Å². The van der Waals surface area contributed by atoms with E-state index in [9.17, 15) is 13.2 Å². The van der Waals surface area contributed by atoms with E-state index >= 15 is 0 Å². The van der Waals surface area contributed by atoms with Crippen LogP contribution in [0.5, 0.6) is 5.75 Å². The van der Waals surface area contributed by atoms with Crippen LogP contribution in [0.25, 0.3) is 0 Å². The van der Waals surface area contributed by atoms with Crippen LogP contribution in [0.2, 0.25) is 0 Å². The van der Waals surface area contributed by atoms with E-state index in [0.717, 1.165) is 12.0 Å². The minimum absolute atomic E-state index is 0.238. The summed E-state index contributed by atoms with van der Waals surface area (Å²) in [6, 6.07) is 16.4. The molecule has 1 aliphatic rings. The van der Waals surface area contributed by atoms with E-state index in [1.165, 1.54) is 0 Å². The Bertz CT molecular complexity index is 928. The Balaban J connectivity index is 1.84. The molecule has 1 aliphatic heterocycles. The topological polar surface area (TPSA) is 72.9 Å². The van der Waals surface area contributed by atoms with E-state index in [2.05, 4.69) is 0 Å². The van der Waals surface area contributed by atoms with Crippen LogP contribution in [-0.4, -0.2) is 51.5 Å². The van der Waals surface area contributed by atoms with E-state index in [4.69, 9.17) is 9.47 Å². The van der Waals surface area contributed by atoms with Gasteiger partial charge in [-0.15, -0.1) is 0 Å². The van der Waals surface area contributed by atoms with Crippen LogP contribution in [0.15, 0.2) is 59.5 Å². The standard InChI is InChI=1S/C23H29NO5S/c1-3-29-23(25)19-14-16-24(15-13-18-7-5-4-6-8-18)22(17-19)30(26,27)21-11-9-20(28-2)10-12-21/h4-12,19,22H,3,13-17H2,1-2H3. The molecular formula is C23H29NO5S. The number of methoxy groups -OCH3 is 1. The van der Waals surface area contributed by atoms with E-state index < -0.39 is 21.1 Å². The van der Waals surface area contributed by atoms with Crippen molar-refractivity contribution < 1.29 is 22.7 Å². The normalized spacial score (nSPS) is 19.9. The third-order valence-electron chi connectivity index (χ3n) is 5.55. The minimum atomic E-state index is -3.66. The van der Waals surface area contributed by atoms with Crippen molar-refractivity contribution in [2.75, 3.05) is 26.8 Å². The van der Waals surface area contributed by atoms with E-state index in [-0.39, 0.29) is 17.3 Å². The molecule has 0 N–H and O–H groups in total. The molecule has 6 nitrogen and oxygen atoms in total. The van der Waals surface area contributed by atoms with E-state index in [1.807, 2.05) is 35.2 Å². The number of likely N-dealkylation sites (tertiary alicyclic amines) is 1. The zero-order valence-corrected chi connectivity index (χ0v) is 18.3. The van der Waals surface area contributed by atoms with Gasteiger partial charge in [-0.05, 0) is 56.0 Å². The molecule has 2 aromatic carbocycles. The molecule has 0 spiro atoms. The third kappa shape index (κ3) is 5.21. The number of rotatable bonds is 8. The fourth-order valence-electron chi connectivity index (χ4n) is 3.87. The number of hydrogen-bond acceptors (Lipinski definition) is 6. The molecule has 2 unspecified atom stereocenters. The number of hydrogen-bond donors (Lipinski definition) is 0. The van der Waals surface area contributed by atoms with Gasteiger partial charge in [-0.2, -0.15) is 0 Å². The lowest BCUT2D eigenvalue weighted by molar-refractivity contribution is -0.149. The van der Waals surface area contributed by atoms with Crippen molar-refractivity contribution in [1.29, 1.82) is 0 Å². The molecule has 0 aliphatic carbocycles. The zero-order valence-electron chi connectivity index (χ0n) is 17.5. The fourth-order valence-corrected chi connectivity index (χ4v) is 5.79. The highest BCUT2D eigenvalue weighted by Gasteiger charge is 2.40. The summed E-state index contributed by atoms with van der Waals surface area (Å²) in [5, 5.41) is -0.766. The van der Waals surface area contributed by atoms with Crippen LogP contribution in [0, 0.1) is 5.92 Å². The second-order valence-corrected chi connectivity index (χ2v) is 9.53. The summed E-state index contributed by atoms with van der Waals surface area (Å²) in [7, 11) is -2.12. The molecule has 162 valence electrons. The summed E-state index contributed by atoms with van der Waals surface area (Å²) in [5.74, 6) is -0.117. The summed E-state index contributed by atoms with van der Waals surface area (Å²) in [6.45, 7) is 3.21. The van der Waals surface area contributed by atoms with Gasteiger partial charge in [0.2, 0.25) is 0 Å². The Hall–Kier alpha value is -2.38. The second kappa shape index (κ2) is 10.1. The highest BCUT2D eigenvalue weighted by Crippen LogP contribution is 2.32. The number of nitrogens with zero attached hydrogens (tertiary/aromatic N) is 1. The molecule has 1 saturated heterocycles. The molecule has 30 heavy (non-hydrogen) atoms. The van der Waals surface area contributed by atoms with Crippen molar-refractivity contribution in [2.45, 2.75) is 36.5 Å². The summed E-state index contributed by atoms with van der Waals surface area (Å²) in [6.07, 6.45) is 1.59. The first kappa shape index (κ1) is 22.3. The van der Waals surface area contributed by atoms with Gasteiger partial charge < -0.3 is 9.47 Å². The lowest BCUT2D eigenvalue weighted by Gasteiger charge is -2.38. The first-order valence-corrected chi connectivity index (χ1v) is 11.8. The molecule has 2 atom stereocenters. The van der Waals surface area contributed by atoms with Gasteiger partial charge in [0.15, 0.2) is 9.84 Å². The van der Waals surface area contributed by atoms with Crippen molar-refractivity contribution in [3.63, 3.8) is 0 Å². The Morgan fingerprint density at radius 1 is 1.10 bits per heavy atom. The predicted octanol–water partition coefficient (Wildman–Crippen LogP) is 3.31. The van der Waals surface area contributed by atoms with Crippen LogP contribution in [0.4, 0.5) is 0 Å². The maximum absolute atomic E-state index is 13.5. The number of benzene rings is 2. The average Bonchev–Trinajstić information content (AvgIpc) is 2.78. The van der Waals surface area contributed by atoms with Gasteiger partial charge in [-0.1, -0.05) is 30.3 Å². The molecule has 1 heterocycles. The zero-order chi connectivity index (χ0) is 21.6. The first-order chi connectivity index (χ1) is 14.5. The van der Waals surface area contributed by atoms with Crippen molar-refractivity contribution in [1.82, 2.24) is 4.90 Å². The highest BCUT2D eigenvalue weighted by atomic mass is 32.2. The molecule has 0 saturated carbocycles. The lowest BCUT2D eigenvalue weighted by Crippen LogP contribution is -2.49. The van der Waals surface area contributed by atoms with Crippen LogP contribution >= 0.6 is 0 Å². The van der Waals surface area contributed by atoms with Crippen LogP contribution < -0.4 is 4.74 Å². The average molecular weight is 432 g/mol. The number of carbonyl (C=O) groups excluding carboxylic acids is 1. The molecule has 3 rings (SSSR count). The number of carbonyl (C=O) groups is 1. The summed E-state index contributed by atoms with van der Waals surface area (Å²) >= 11 is 0. The van der Waals surface area contributed by atoms with Crippen molar-refractivity contribution >= 4 is 15.8 Å². The molecule has 2 aromatic rings. The quantitative estimate of drug-likeness (QED) is 0.597. The molecule has 0 bridgehead atoms. The van der Waals surface area contributed by atoms with Gasteiger partial charge in [0.05, 0.1) is 24.5 Å². The van der Waals surface area contributed by atoms with Gasteiger partial charge in [0.1, 0.15) is 11.1 Å². The van der Waals surface area contributed by atoms with Crippen molar-refractivity contribution in [3.05, 3.63) is 60.2 Å². The van der Waals surface area contributed by atoms with Gasteiger partial charge >= 0.3 is 5.97 Å².